The van der Waals surface area contributed by atoms with E-state index in [9.17, 15) is 4.79 Å². The Morgan fingerprint density at radius 2 is 2.04 bits per heavy atom. The van der Waals surface area contributed by atoms with Gasteiger partial charge in [0.05, 0.1) is 0 Å². The van der Waals surface area contributed by atoms with E-state index in [0.717, 1.165) is 33.9 Å². The van der Waals surface area contributed by atoms with Crippen LogP contribution in [0.5, 0.6) is 0 Å². The summed E-state index contributed by atoms with van der Waals surface area (Å²) in [6.07, 6.45) is 3.07. The van der Waals surface area contributed by atoms with Crippen LogP contribution in [0.15, 0.2) is 60.3 Å². The third kappa shape index (κ3) is 4.14. The summed E-state index contributed by atoms with van der Waals surface area (Å²) < 4.78 is 2.04. The molecule has 0 saturated carbocycles. The quantitative estimate of drug-likeness (QED) is 0.477. The van der Waals surface area contributed by atoms with Crippen LogP contribution < -0.4 is 5.32 Å². The number of carbonyl (C=O) groups is 1. The number of aromatic nitrogens is 3. The molecule has 0 bridgehead atoms. The van der Waals surface area contributed by atoms with Gasteiger partial charge in [0.15, 0.2) is 5.16 Å². The molecule has 0 aliphatic carbocycles. The molecule has 0 aliphatic heterocycles. The van der Waals surface area contributed by atoms with Crippen molar-refractivity contribution in [2.24, 2.45) is 0 Å². The first-order valence-corrected chi connectivity index (χ1v) is 9.65. The molecule has 0 fully saturated rings. The van der Waals surface area contributed by atoms with Crippen LogP contribution in [0.1, 0.15) is 19.2 Å². The number of carbonyl (C=O) groups excluding carboxylic acids is 1. The van der Waals surface area contributed by atoms with Crippen molar-refractivity contribution in [3.63, 3.8) is 0 Å². The highest BCUT2D eigenvalue weighted by atomic mass is 32.2. The molecular weight excluding hydrogens is 344 g/mol. The van der Waals surface area contributed by atoms with Gasteiger partial charge in [-0.1, -0.05) is 61.2 Å². The van der Waals surface area contributed by atoms with Gasteiger partial charge >= 0.3 is 0 Å². The molecule has 26 heavy (non-hydrogen) atoms. The molecule has 3 rings (SSSR count). The summed E-state index contributed by atoms with van der Waals surface area (Å²) in [6, 6.07) is 14.0. The first kappa shape index (κ1) is 18.2. The van der Waals surface area contributed by atoms with E-state index in [-0.39, 0.29) is 5.91 Å². The van der Waals surface area contributed by atoms with E-state index in [4.69, 9.17) is 0 Å². The van der Waals surface area contributed by atoms with Crippen LogP contribution in [0, 0.1) is 0 Å². The Morgan fingerprint density at radius 1 is 1.23 bits per heavy atom. The molecule has 1 heterocycles. The fraction of sp³-hybridized carbons (Fsp3) is 0.250. The number of hydrogen-bond acceptors (Lipinski definition) is 4. The maximum absolute atomic E-state index is 12.3. The summed E-state index contributed by atoms with van der Waals surface area (Å²) in [5.41, 5.74) is 0.848. The Kier molecular flexibility index (Phi) is 6.07. The molecule has 0 spiro atoms. The van der Waals surface area contributed by atoms with Crippen LogP contribution in [0.3, 0.4) is 0 Å². The minimum Gasteiger partial charge on any atom is -0.325 e. The van der Waals surface area contributed by atoms with Crippen molar-refractivity contribution in [1.82, 2.24) is 14.8 Å². The molecule has 0 unspecified atom stereocenters. The SMILES string of the molecule is C=CCn1c(CC)nnc1SCCC(=O)Nc1cccc2ccccc12. The van der Waals surface area contributed by atoms with Gasteiger partial charge in [-0.25, -0.2) is 0 Å². The van der Waals surface area contributed by atoms with E-state index < -0.39 is 0 Å². The number of amides is 1. The summed E-state index contributed by atoms with van der Waals surface area (Å²) >= 11 is 1.55. The van der Waals surface area contributed by atoms with Gasteiger partial charge in [-0.2, -0.15) is 0 Å². The smallest absolute Gasteiger partial charge is 0.225 e. The number of nitrogens with zero attached hydrogens (tertiary/aromatic N) is 3. The van der Waals surface area contributed by atoms with E-state index in [0.29, 0.717) is 18.7 Å². The number of hydrogen-bond donors (Lipinski definition) is 1. The molecule has 0 aliphatic rings. The second-order valence-electron chi connectivity index (χ2n) is 5.82. The third-order valence-electron chi connectivity index (χ3n) is 4.05. The van der Waals surface area contributed by atoms with Crippen molar-refractivity contribution in [2.45, 2.75) is 31.5 Å². The van der Waals surface area contributed by atoms with Gasteiger partial charge in [0.2, 0.25) is 5.91 Å². The summed E-state index contributed by atoms with van der Waals surface area (Å²) in [7, 11) is 0. The van der Waals surface area contributed by atoms with Gasteiger partial charge in [0.1, 0.15) is 5.82 Å². The largest absolute Gasteiger partial charge is 0.325 e. The average Bonchev–Trinajstić information content (AvgIpc) is 3.04. The Morgan fingerprint density at radius 3 is 2.85 bits per heavy atom. The van der Waals surface area contributed by atoms with Gasteiger partial charge < -0.3 is 9.88 Å². The Bertz CT molecular complexity index is 914. The fourth-order valence-electron chi connectivity index (χ4n) is 2.78. The number of anilines is 1. The van der Waals surface area contributed by atoms with Crippen LogP contribution in [-0.2, 0) is 17.8 Å². The van der Waals surface area contributed by atoms with Crippen LogP contribution >= 0.6 is 11.8 Å². The first-order chi connectivity index (χ1) is 12.7. The van der Waals surface area contributed by atoms with Gasteiger partial charge in [0.25, 0.3) is 0 Å². The standard InChI is InChI=1S/C20H22N4OS/c1-3-13-24-18(4-2)22-23-20(24)26-14-12-19(25)21-17-11-7-9-15-8-5-6-10-16(15)17/h3,5-11H,1,4,12-14H2,2H3,(H,21,25). The molecule has 2 aromatic carbocycles. The lowest BCUT2D eigenvalue weighted by Crippen LogP contribution is -2.12. The van der Waals surface area contributed by atoms with E-state index >= 15 is 0 Å². The van der Waals surface area contributed by atoms with Crippen LogP contribution in [-0.4, -0.2) is 26.4 Å². The highest BCUT2D eigenvalue weighted by Gasteiger charge is 2.11. The molecule has 1 N–H and O–H groups in total. The van der Waals surface area contributed by atoms with Gasteiger partial charge in [-0.3, -0.25) is 4.79 Å². The minimum atomic E-state index is -0.000598. The zero-order chi connectivity index (χ0) is 18.4. The molecule has 6 heteroatoms. The molecule has 1 aromatic heterocycles. The van der Waals surface area contributed by atoms with E-state index in [1.165, 1.54) is 0 Å². The van der Waals surface area contributed by atoms with Crippen molar-refractivity contribution in [2.75, 3.05) is 11.1 Å². The van der Waals surface area contributed by atoms with Crippen LogP contribution in [0.2, 0.25) is 0 Å². The van der Waals surface area contributed by atoms with Crippen molar-refractivity contribution in [3.8, 4) is 0 Å². The zero-order valence-corrected chi connectivity index (χ0v) is 15.6. The molecule has 134 valence electrons. The average molecular weight is 366 g/mol. The first-order valence-electron chi connectivity index (χ1n) is 8.66. The summed E-state index contributed by atoms with van der Waals surface area (Å²) in [4.78, 5) is 12.3. The maximum Gasteiger partial charge on any atom is 0.225 e. The predicted octanol–water partition coefficient (Wildman–Crippen LogP) is 4.30. The Hall–Kier alpha value is -2.60. The molecule has 5 nitrogen and oxygen atoms in total. The molecule has 0 radical (unpaired) electrons. The van der Waals surface area contributed by atoms with E-state index in [1.807, 2.05) is 53.1 Å². The molecule has 3 aromatic rings. The number of thioether (sulfide) groups is 1. The van der Waals surface area contributed by atoms with Crippen molar-refractivity contribution in [3.05, 3.63) is 60.9 Å². The molecule has 0 atom stereocenters. The van der Waals surface area contributed by atoms with E-state index in [2.05, 4.69) is 29.0 Å². The van der Waals surface area contributed by atoms with Gasteiger partial charge in [0, 0.05) is 36.2 Å². The maximum atomic E-state index is 12.3. The van der Waals surface area contributed by atoms with Gasteiger partial charge in [-0.05, 0) is 11.5 Å². The Balaban J connectivity index is 1.59. The third-order valence-corrected chi connectivity index (χ3v) is 5.01. The number of benzene rings is 2. The monoisotopic (exact) mass is 366 g/mol. The number of nitrogens with one attached hydrogen (secondary N) is 1. The summed E-state index contributed by atoms with van der Waals surface area (Å²) in [5, 5.41) is 14.4. The topological polar surface area (TPSA) is 59.8 Å². The predicted molar refractivity (Wildman–Crippen MR) is 108 cm³/mol. The number of aryl methyl sites for hydroxylation is 1. The van der Waals surface area contributed by atoms with Crippen LogP contribution in [0.4, 0.5) is 5.69 Å². The van der Waals surface area contributed by atoms with Crippen molar-refractivity contribution in [1.29, 1.82) is 0 Å². The normalized spacial score (nSPS) is 10.8. The molecular formula is C20H22N4OS. The number of fused-ring (bicyclic) bond motifs is 1. The second-order valence-corrected chi connectivity index (χ2v) is 6.89. The molecule has 0 saturated heterocycles. The summed E-state index contributed by atoms with van der Waals surface area (Å²) in [6.45, 7) is 6.52. The highest BCUT2D eigenvalue weighted by Crippen LogP contribution is 2.23. The fourth-order valence-corrected chi connectivity index (χ4v) is 3.69. The van der Waals surface area contributed by atoms with Crippen molar-refractivity contribution >= 4 is 34.1 Å². The lowest BCUT2D eigenvalue weighted by Gasteiger charge is -2.09. The second kappa shape index (κ2) is 8.67. The Labute approximate surface area is 157 Å². The molecule has 1 amide bonds. The minimum absolute atomic E-state index is 0.000598. The highest BCUT2D eigenvalue weighted by molar-refractivity contribution is 7.99. The van der Waals surface area contributed by atoms with Crippen molar-refractivity contribution < 1.29 is 4.79 Å². The van der Waals surface area contributed by atoms with Crippen LogP contribution in [0.25, 0.3) is 10.8 Å². The lowest BCUT2D eigenvalue weighted by atomic mass is 10.1. The van der Waals surface area contributed by atoms with E-state index in [1.54, 1.807) is 11.8 Å². The number of rotatable bonds is 8. The lowest BCUT2D eigenvalue weighted by molar-refractivity contribution is -0.115. The zero-order valence-electron chi connectivity index (χ0n) is 14.8. The summed E-state index contributed by atoms with van der Waals surface area (Å²) in [5.74, 6) is 1.59. The number of allylic oxidation sites excluding steroid dienone is 1. The van der Waals surface area contributed by atoms with Gasteiger partial charge in [-0.15, -0.1) is 16.8 Å².